The molecule has 3 rings (SSSR count). The molecule has 1 saturated heterocycles. The van der Waals surface area contributed by atoms with Crippen molar-refractivity contribution >= 4 is 27.0 Å². The summed E-state index contributed by atoms with van der Waals surface area (Å²) >= 11 is 0. The van der Waals surface area contributed by atoms with E-state index in [2.05, 4.69) is 10.3 Å². The Kier molecular flexibility index (Phi) is 2.74. The number of hydrogen-bond acceptors (Lipinski definition) is 5. The summed E-state index contributed by atoms with van der Waals surface area (Å²) in [7, 11) is -2.91. The van der Waals surface area contributed by atoms with E-state index in [4.69, 9.17) is 4.42 Å². The van der Waals surface area contributed by atoms with Crippen molar-refractivity contribution in [2.75, 3.05) is 16.8 Å². The first kappa shape index (κ1) is 11.5. The summed E-state index contributed by atoms with van der Waals surface area (Å²) in [6.45, 7) is 0. The Labute approximate surface area is 105 Å². The van der Waals surface area contributed by atoms with Gasteiger partial charge < -0.3 is 9.73 Å². The molecule has 2 heterocycles. The largest absolute Gasteiger partial charge is 0.424 e. The van der Waals surface area contributed by atoms with Gasteiger partial charge in [-0.25, -0.2) is 8.42 Å². The van der Waals surface area contributed by atoms with Crippen molar-refractivity contribution in [3.8, 4) is 0 Å². The Balaban J connectivity index is 1.80. The summed E-state index contributed by atoms with van der Waals surface area (Å²) in [6.07, 6.45) is 1.53. The van der Waals surface area contributed by atoms with Gasteiger partial charge in [-0.2, -0.15) is 4.98 Å². The first-order chi connectivity index (χ1) is 8.62. The smallest absolute Gasteiger partial charge is 0.295 e. The minimum absolute atomic E-state index is 0.100. The standard InChI is InChI=1S/C12H14N2O3S/c15-18(16)7-3-4-9(8-18)13-12-14-10-5-1-2-6-11(10)17-12/h1-2,5-6,9H,3-4,7-8H2,(H,13,14). The molecule has 1 N–H and O–H groups in total. The lowest BCUT2D eigenvalue weighted by atomic mass is 10.2. The molecule has 1 aliphatic heterocycles. The van der Waals surface area contributed by atoms with E-state index < -0.39 is 9.84 Å². The average Bonchev–Trinajstić information content (AvgIpc) is 2.69. The van der Waals surface area contributed by atoms with Gasteiger partial charge >= 0.3 is 0 Å². The predicted molar refractivity (Wildman–Crippen MR) is 69.3 cm³/mol. The number of oxazole rings is 1. The summed E-state index contributed by atoms with van der Waals surface area (Å²) in [5.74, 6) is 0.449. The van der Waals surface area contributed by atoms with E-state index in [-0.39, 0.29) is 11.8 Å². The fourth-order valence-corrected chi connectivity index (χ4v) is 3.88. The van der Waals surface area contributed by atoms with Crippen LogP contribution in [0.2, 0.25) is 0 Å². The number of hydrogen-bond donors (Lipinski definition) is 1. The lowest BCUT2D eigenvalue weighted by molar-refractivity contribution is 0.548. The van der Waals surface area contributed by atoms with Crippen LogP contribution in [0.1, 0.15) is 12.8 Å². The highest BCUT2D eigenvalue weighted by atomic mass is 32.2. The van der Waals surface area contributed by atoms with E-state index in [1.807, 2.05) is 24.3 Å². The van der Waals surface area contributed by atoms with Crippen molar-refractivity contribution in [3.63, 3.8) is 0 Å². The topological polar surface area (TPSA) is 72.2 Å². The molecule has 1 unspecified atom stereocenters. The van der Waals surface area contributed by atoms with Gasteiger partial charge in [-0.1, -0.05) is 12.1 Å². The van der Waals surface area contributed by atoms with E-state index in [0.717, 1.165) is 11.9 Å². The maximum atomic E-state index is 11.5. The van der Waals surface area contributed by atoms with Crippen molar-refractivity contribution in [1.82, 2.24) is 4.98 Å². The molecule has 0 spiro atoms. The lowest BCUT2D eigenvalue weighted by Gasteiger charge is -2.21. The summed E-state index contributed by atoms with van der Waals surface area (Å²) in [6, 6.07) is 7.77. The third-order valence-electron chi connectivity index (χ3n) is 3.08. The molecule has 1 aromatic carbocycles. The molecule has 1 aromatic heterocycles. The van der Waals surface area contributed by atoms with E-state index in [1.165, 1.54) is 0 Å². The van der Waals surface area contributed by atoms with Crippen LogP contribution in [0, 0.1) is 0 Å². The van der Waals surface area contributed by atoms with Crippen LogP contribution in [-0.4, -0.2) is 30.9 Å². The van der Waals surface area contributed by atoms with Gasteiger partial charge in [0.15, 0.2) is 15.4 Å². The van der Waals surface area contributed by atoms with Crippen LogP contribution in [0.3, 0.4) is 0 Å². The normalized spacial score (nSPS) is 23.0. The highest BCUT2D eigenvalue weighted by Crippen LogP contribution is 2.21. The van der Waals surface area contributed by atoms with E-state index in [1.54, 1.807) is 0 Å². The molecule has 2 aromatic rings. The number of anilines is 1. The summed E-state index contributed by atoms with van der Waals surface area (Å²) in [4.78, 5) is 4.28. The molecule has 1 atom stereocenters. The maximum absolute atomic E-state index is 11.5. The molecule has 0 saturated carbocycles. The van der Waals surface area contributed by atoms with Crippen molar-refractivity contribution in [3.05, 3.63) is 24.3 Å². The number of para-hydroxylation sites is 2. The summed E-state index contributed by atoms with van der Waals surface area (Å²) < 4.78 is 28.6. The van der Waals surface area contributed by atoms with Gasteiger partial charge in [-0.3, -0.25) is 0 Å². The SMILES string of the molecule is O=S1(=O)CCCC(Nc2nc3ccccc3o2)C1. The molecule has 0 aliphatic carbocycles. The Morgan fingerprint density at radius 2 is 2.17 bits per heavy atom. The van der Waals surface area contributed by atoms with Gasteiger partial charge in [-0.15, -0.1) is 0 Å². The lowest BCUT2D eigenvalue weighted by Crippen LogP contribution is -2.34. The number of aromatic nitrogens is 1. The summed E-state index contributed by atoms with van der Waals surface area (Å²) in [5.41, 5.74) is 1.48. The molecule has 96 valence electrons. The Morgan fingerprint density at radius 1 is 1.33 bits per heavy atom. The highest BCUT2D eigenvalue weighted by molar-refractivity contribution is 7.91. The zero-order valence-electron chi connectivity index (χ0n) is 9.80. The van der Waals surface area contributed by atoms with Crippen molar-refractivity contribution in [2.45, 2.75) is 18.9 Å². The summed E-state index contributed by atoms with van der Waals surface area (Å²) in [5, 5.41) is 3.07. The number of nitrogens with one attached hydrogen (secondary N) is 1. The van der Waals surface area contributed by atoms with Crippen LogP contribution in [0.4, 0.5) is 6.01 Å². The average molecular weight is 266 g/mol. The van der Waals surface area contributed by atoms with Crippen LogP contribution in [-0.2, 0) is 9.84 Å². The fourth-order valence-electron chi connectivity index (χ4n) is 2.25. The molecule has 0 bridgehead atoms. The number of rotatable bonds is 2. The Morgan fingerprint density at radius 3 is 2.94 bits per heavy atom. The molecule has 18 heavy (non-hydrogen) atoms. The monoisotopic (exact) mass is 266 g/mol. The Bertz CT molecular complexity index is 630. The van der Waals surface area contributed by atoms with E-state index >= 15 is 0 Å². The minimum Gasteiger partial charge on any atom is -0.424 e. The third kappa shape index (κ3) is 2.33. The van der Waals surface area contributed by atoms with Gasteiger partial charge in [0.05, 0.1) is 11.5 Å². The molecular weight excluding hydrogens is 252 g/mol. The second-order valence-corrected chi connectivity index (χ2v) is 6.81. The molecule has 0 radical (unpaired) electrons. The predicted octanol–water partition coefficient (Wildman–Crippen LogP) is 1.82. The van der Waals surface area contributed by atoms with Crippen molar-refractivity contribution in [2.24, 2.45) is 0 Å². The van der Waals surface area contributed by atoms with Gasteiger partial charge in [0.1, 0.15) is 5.52 Å². The number of benzene rings is 1. The van der Waals surface area contributed by atoms with Gasteiger partial charge in [0, 0.05) is 6.04 Å². The Hall–Kier alpha value is -1.56. The third-order valence-corrected chi connectivity index (χ3v) is 4.91. The first-order valence-corrected chi connectivity index (χ1v) is 7.77. The zero-order valence-corrected chi connectivity index (χ0v) is 10.6. The van der Waals surface area contributed by atoms with Crippen LogP contribution in [0.5, 0.6) is 0 Å². The maximum Gasteiger partial charge on any atom is 0.295 e. The van der Waals surface area contributed by atoms with Crippen LogP contribution in [0.25, 0.3) is 11.1 Å². The van der Waals surface area contributed by atoms with Gasteiger partial charge in [-0.05, 0) is 25.0 Å². The minimum atomic E-state index is -2.91. The van der Waals surface area contributed by atoms with Gasteiger partial charge in [0.2, 0.25) is 0 Å². The van der Waals surface area contributed by atoms with Crippen LogP contribution >= 0.6 is 0 Å². The van der Waals surface area contributed by atoms with Gasteiger partial charge in [0.25, 0.3) is 6.01 Å². The number of sulfone groups is 1. The molecule has 6 heteroatoms. The highest BCUT2D eigenvalue weighted by Gasteiger charge is 2.25. The molecular formula is C12H14N2O3S. The van der Waals surface area contributed by atoms with E-state index in [0.29, 0.717) is 23.8 Å². The molecule has 1 aliphatic rings. The van der Waals surface area contributed by atoms with Crippen LogP contribution < -0.4 is 5.32 Å². The second-order valence-electron chi connectivity index (χ2n) is 4.58. The van der Waals surface area contributed by atoms with E-state index in [9.17, 15) is 8.42 Å². The number of fused-ring (bicyclic) bond motifs is 1. The zero-order chi connectivity index (χ0) is 12.6. The number of nitrogens with zero attached hydrogens (tertiary/aromatic N) is 1. The molecule has 0 amide bonds. The fraction of sp³-hybridized carbons (Fsp3) is 0.417. The first-order valence-electron chi connectivity index (χ1n) is 5.95. The van der Waals surface area contributed by atoms with Crippen molar-refractivity contribution in [1.29, 1.82) is 0 Å². The second kappa shape index (κ2) is 4.28. The van der Waals surface area contributed by atoms with Crippen LogP contribution in [0.15, 0.2) is 28.7 Å². The molecule has 5 nitrogen and oxygen atoms in total. The molecule has 1 fully saturated rings. The quantitative estimate of drug-likeness (QED) is 0.897. The van der Waals surface area contributed by atoms with Crippen molar-refractivity contribution < 1.29 is 12.8 Å².